The molecule has 0 aliphatic carbocycles. The summed E-state index contributed by atoms with van der Waals surface area (Å²) in [6, 6.07) is 4.26. The van der Waals surface area contributed by atoms with E-state index in [4.69, 9.17) is 12.2 Å². The molecule has 0 spiro atoms. The van der Waals surface area contributed by atoms with E-state index in [1.54, 1.807) is 11.0 Å². The number of nitrogens with zero attached hydrogens (tertiary/aromatic N) is 1. The monoisotopic (exact) mass is 303 g/mol. The molecular formula is C16H17NOS2. The Labute approximate surface area is 129 Å². The molecule has 1 aromatic carbocycles. The zero-order valence-electron chi connectivity index (χ0n) is 11.9. The van der Waals surface area contributed by atoms with Crippen LogP contribution in [0.3, 0.4) is 0 Å². The van der Waals surface area contributed by atoms with Crippen molar-refractivity contribution in [1.29, 1.82) is 0 Å². The fourth-order valence-corrected chi connectivity index (χ4v) is 3.33. The van der Waals surface area contributed by atoms with Crippen LogP contribution in [0, 0.1) is 20.8 Å². The Hall–Kier alpha value is -1.39. The van der Waals surface area contributed by atoms with Crippen LogP contribution in [-0.2, 0) is 4.79 Å². The molecule has 104 valence electrons. The number of thiocarbonyl (C=S) groups is 1. The molecule has 1 amide bonds. The van der Waals surface area contributed by atoms with Crippen molar-refractivity contribution in [2.24, 2.45) is 0 Å². The molecule has 0 N–H and O–H groups in total. The third-order valence-electron chi connectivity index (χ3n) is 3.35. The van der Waals surface area contributed by atoms with Crippen molar-refractivity contribution >= 4 is 40.3 Å². The van der Waals surface area contributed by atoms with E-state index in [0.717, 1.165) is 5.56 Å². The molecule has 1 fully saturated rings. The molecule has 2 nitrogen and oxygen atoms in total. The normalized spacial score (nSPS) is 17.1. The van der Waals surface area contributed by atoms with Crippen LogP contribution in [0.25, 0.3) is 6.08 Å². The summed E-state index contributed by atoms with van der Waals surface area (Å²) in [6.45, 7) is 10.4. The van der Waals surface area contributed by atoms with Crippen LogP contribution in [0.5, 0.6) is 0 Å². The maximum Gasteiger partial charge on any atom is 0.266 e. The van der Waals surface area contributed by atoms with Crippen LogP contribution in [0.4, 0.5) is 0 Å². The maximum atomic E-state index is 12.3. The average Bonchev–Trinajstić information content (AvgIpc) is 2.64. The van der Waals surface area contributed by atoms with Crippen molar-refractivity contribution in [1.82, 2.24) is 4.90 Å². The van der Waals surface area contributed by atoms with Crippen LogP contribution in [0.1, 0.15) is 22.3 Å². The van der Waals surface area contributed by atoms with Crippen molar-refractivity contribution in [2.45, 2.75) is 20.8 Å². The summed E-state index contributed by atoms with van der Waals surface area (Å²) in [5.74, 6) is -0.0301. The van der Waals surface area contributed by atoms with Gasteiger partial charge in [0.25, 0.3) is 5.91 Å². The van der Waals surface area contributed by atoms with E-state index in [-0.39, 0.29) is 5.91 Å². The van der Waals surface area contributed by atoms with Gasteiger partial charge in [-0.15, -0.1) is 6.58 Å². The highest BCUT2D eigenvalue weighted by Crippen LogP contribution is 2.33. The predicted molar refractivity (Wildman–Crippen MR) is 90.7 cm³/mol. The first-order chi connectivity index (χ1) is 9.43. The fourth-order valence-electron chi connectivity index (χ4n) is 2.07. The second-order valence-electron chi connectivity index (χ2n) is 4.87. The van der Waals surface area contributed by atoms with Gasteiger partial charge < -0.3 is 0 Å². The van der Waals surface area contributed by atoms with Crippen molar-refractivity contribution in [3.63, 3.8) is 0 Å². The lowest BCUT2D eigenvalue weighted by Gasteiger charge is -2.10. The molecule has 0 saturated carbocycles. The van der Waals surface area contributed by atoms with Crippen molar-refractivity contribution in [3.05, 3.63) is 51.9 Å². The van der Waals surface area contributed by atoms with Crippen molar-refractivity contribution < 1.29 is 4.79 Å². The van der Waals surface area contributed by atoms with Gasteiger partial charge >= 0.3 is 0 Å². The van der Waals surface area contributed by atoms with E-state index in [2.05, 4.69) is 39.5 Å². The van der Waals surface area contributed by atoms with Gasteiger partial charge in [0.1, 0.15) is 4.32 Å². The first-order valence-corrected chi connectivity index (χ1v) is 7.60. The SMILES string of the molecule is C=CCN1C(=O)/C(=C\c2cc(C)c(C)cc2C)SC1=S. The molecule has 0 atom stereocenters. The van der Waals surface area contributed by atoms with Gasteiger partial charge in [-0.2, -0.15) is 0 Å². The third-order valence-corrected chi connectivity index (χ3v) is 4.73. The summed E-state index contributed by atoms with van der Waals surface area (Å²) in [7, 11) is 0. The molecule has 1 saturated heterocycles. The van der Waals surface area contributed by atoms with Gasteiger partial charge in [-0.3, -0.25) is 9.69 Å². The molecule has 0 aromatic heterocycles. The molecule has 20 heavy (non-hydrogen) atoms. The summed E-state index contributed by atoms with van der Waals surface area (Å²) < 4.78 is 0.600. The summed E-state index contributed by atoms with van der Waals surface area (Å²) in [6.07, 6.45) is 3.62. The number of rotatable bonds is 3. The standard InChI is InChI=1S/C16H17NOS2/c1-5-6-17-15(18)14(20-16(17)19)9-13-8-11(3)10(2)7-12(13)4/h5,7-9H,1,6H2,2-4H3/b14-9+. The number of thioether (sulfide) groups is 1. The van der Waals surface area contributed by atoms with Gasteiger partial charge in [0, 0.05) is 6.54 Å². The Balaban J connectivity index is 2.37. The minimum atomic E-state index is -0.0301. The quantitative estimate of drug-likeness (QED) is 0.478. The van der Waals surface area contributed by atoms with Crippen LogP contribution < -0.4 is 0 Å². The summed E-state index contributed by atoms with van der Waals surface area (Å²) in [5, 5.41) is 0. The third kappa shape index (κ3) is 2.86. The van der Waals surface area contributed by atoms with Crippen LogP contribution in [-0.4, -0.2) is 21.7 Å². The second kappa shape index (κ2) is 5.94. The predicted octanol–water partition coefficient (Wildman–Crippen LogP) is 4.00. The van der Waals surface area contributed by atoms with Crippen molar-refractivity contribution in [2.75, 3.05) is 6.54 Å². The Kier molecular flexibility index (Phi) is 4.45. The number of aryl methyl sites for hydroxylation is 3. The highest BCUT2D eigenvalue weighted by atomic mass is 32.2. The maximum absolute atomic E-state index is 12.3. The Bertz CT molecular complexity index is 632. The lowest BCUT2D eigenvalue weighted by atomic mass is 10.0. The number of benzene rings is 1. The summed E-state index contributed by atoms with van der Waals surface area (Å²) in [4.78, 5) is 14.5. The topological polar surface area (TPSA) is 20.3 Å². The zero-order chi connectivity index (χ0) is 14.9. The minimum Gasteiger partial charge on any atom is -0.289 e. The van der Waals surface area contributed by atoms with E-state index in [9.17, 15) is 4.79 Å². The minimum absolute atomic E-state index is 0.0301. The lowest BCUT2D eigenvalue weighted by Crippen LogP contribution is -2.27. The van der Waals surface area contributed by atoms with Gasteiger partial charge in [0.2, 0.25) is 0 Å². The van der Waals surface area contributed by atoms with Crippen LogP contribution >= 0.6 is 24.0 Å². The fraction of sp³-hybridized carbons (Fsp3) is 0.250. The molecule has 1 heterocycles. The van der Waals surface area contributed by atoms with Crippen LogP contribution in [0.2, 0.25) is 0 Å². The average molecular weight is 303 g/mol. The Morgan fingerprint density at radius 1 is 1.25 bits per heavy atom. The van der Waals surface area contributed by atoms with Gasteiger partial charge in [-0.1, -0.05) is 42.2 Å². The second-order valence-corrected chi connectivity index (χ2v) is 6.55. The number of hydrogen-bond donors (Lipinski definition) is 0. The Morgan fingerprint density at radius 3 is 2.55 bits per heavy atom. The lowest BCUT2D eigenvalue weighted by molar-refractivity contribution is -0.121. The van der Waals surface area contributed by atoms with Gasteiger partial charge in [-0.05, 0) is 49.1 Å². The van der Waals surface area contributed by atoms with Gasteiger partial charge in [-0.25, -0.2) is 0 Å². The molecule has 1 aromatic rings. The van der Waals surface area contributed by atoms with E-state index >= 15 is 0 Å². The number of hydrogen-bond acceptors (Lipinski definition) is 3. The molecule has 0 bridgehead atoms. The summed E-state index contributed by atoms with van der Waals surface area (Å²) >= 11 is 6.59. The van der Waals surface area contributed by atoms with E-state index in [0.29, 0.717) is 15.8 Å². The number of carbonyl (C=O) groups is 1. The first-order valence-electron chi connectivity index (χ1n) is 6.38. The highest BCUT2D eigenvalue weighted by molar-refractivity contribution is 8.26. The Morgan fingerprint density at radius 2 is 1.90 bits per heavy atom. The molecular weight excluding hydrogens is 286 g/mol. The van der Waals surface area contributed by atoms with Gasteiger partial charge in [0.05, 0.1) is 4.91 Å². The molecule has 2 rings (SSSR count). The highest BCUT2D eigenvalue weighted by Gasteiger charge is 2.31. The van der Waals surface area contributed by atoms with E-state index in [1.807, 2.05) is 6.08 Å². The molecule has 0 unspecified atom stereocenters. The smallest absolute Gasteiger partial charge is 0.266 e. The van der Waals surface area contributed by atoms with Crippen molar-refractivity contribution in [3.8, 4) is 0 Å². The largest absolute Gasteiger partial charge is 0.289 e. The molecule has 1 aliphatic heterocycles. The van der Waals surface area contributed by atoms with Crippen LogP contribution in [0.15, 0.2) is 29.7 Å². The van der Waals surface area contributed by atoms with E-state index in [1.165, 1.54) is 28.5 Å². The number of carbonyl (C=O) groups excluding carboxylic acids is 1. The van der Waals surface area contributed by atoms with E-state index < -0.39 is 0 Å². The van der Waals surface area contributed by atoms with Gasteiger partial charge in [0.15, 0.2) is 0 Å². The zero-order valence-corrected chi connectivity index (χ0v) is 13.5. The molecule has 1 aliphatic rings. The number of amides is 1. The first kappa shape index (κ1) is 15.0. The summed E-state index contributed by atoms with van der Waals surface area (Å²) in [5.41, 5.74) is 4.73. The molecule has 4 heteroatoms. The molecule has 0 radical (unpaired) electrons.